The van der Waals surface area contributed by atoms with Crippen molar-refractivity contribution in [1.29, 1.82) is 0 Å². The molecule has 0 aliphatic heterocycles. The Balaban J connectivity index is 2.22. The molecule has 0 aromatic heterocycles. The molecule has 0 radical (unpaired) electrons. The van der Waals surface area contributed by atoms with E-state index in [0.717, 1.165) is 6.26 Å². The van der Waals surface area contributed by atoms with Crippen molar-refractivity contribution in [3.05, 3.63) is 57.0 Å². The molecule has 0 bridgehead atoms. The highest BCUT2D eigenvalue weighted by molar-refractivity contribution is 7.92. The molecule has 2 aromatic rings. The van der Waals surface area contributed by atoms with Gasteiger partial charge in [-0.15, -0.1) is 0 Å². The Kier molecular flexibility index (Phi) is 11.4. The van der Waals surface area contributed by atoms with Crippen molar-refractivity contribution < 1.29 is 22.7 Å². The maximum absolute atomic E-state index is 13.3. The molecular weight excluding hydrogens is 561 g/mol. The molecular formula is C25H32Cl3N3O5S. The Morgan fingerprint density at radius 3 is 2.22 bits per heavy atom. The van der Waals surface area contributed by atoms with Crippen LogP contribution in [-0.4, -0.2) is 57.1 Å². The second-order valence-corrected chi connectivity index (χ2v) is 12.0. The van der Waals surface area contributed by atoms with Crippen molar-refractivity contribution in [3.63, 3.8) is 0 Å². The van der Waals surface area contributed by atoms with Gasteiger partial charge in [-0.05, 0) is 63.1 Å². The van der Waals surface area contributed by atoms with Crippen LogP contribution in [0.25, 0.3) is 0 Å². The van der Waals surface area contributed by atoms with Gasteiger partial charge >= 0.3 is 0 Å². The Labute approximate surface area is 233 Å². The van der Waals surface area contributed by atoms with Gasteiger partial charge in [-0.25, -0.2) is 8.42 Å². The number of ether oxygens (including phenoxy) is 1. The van der Waals surface area contributed by atoms with Crippen LogP contribution in [0.1, 0.15) is 39.2 Å². The predicted molar refractivity (Wildman–Crippen MR) is 149 cm³/mol. The molecule has 2 rings (SSSR count). The minimum absolute atomic E-state index is 0.0104. The first-order chi connectivity index (χ1) is 17.2. The molecule has 0 saturated carbocycles. The highest BCUT2D eigenvalue weighted by atomic mass is 35.5. The minimum Gasteiger partial charge on any atom is -0.495 e. The topological polar surface area (TPSA) is 96.0 Å². The van der Waals surface area contributed by atoms with Gasteiger partial charge < -0.3 is 15.0 Å². The number of hydrogen-bond acceptors (Lipinski definition) is 5. The smallest absolute Gasteiger partial charge is 0.242 e. The van der Waals surface area contributed by atoms with E-state index in [0.29, 0.717) is 27.0 Å². The van der Waals surface area contributed by atoms with E-state index in [1.807, 2.05) is 13.8 Å². The molecule has 12 heteroatoms. The lowest BCUT2D eigenvalue weighted by Gasteiger charge is -2.30. The standard InChI is InChI=1S/C25H32Cl3N3O5S/c1-16(2)29-25(33)17(3)30(15-18-8-10-20(26)21(27)13-18)24(32)7-6-12-31(37(5,34)35)19-9-11-23(36-4)22(28)14-19/h8-11,13-14,16-17H,6-7,12,15H2,1-5H3,(H,29,33)/t17-/m0/s1. The number of benzene rings is 2. The van der Waals surface area contributed by atoms with Crippen molar-refractivity contribution in [2.75, 3.05) is 24.2 Å². The maximum atomic E-state index is 13.3. The lowest BCUT2D eigenvalue weighted by molar-refractivity contribution is -0.140. The van der Waals surface area contributed by atoms with Crippen LogP contribution in [0.3, 0.4) is 0 Å². The zero-order valence-corrected chi connectivity index (χ0v) is 24.5. The van der Waals surface area contributed by atoms with Crippen molar-refractivity contribution in [2.45, 2.75) is 52.2 Å². The van der Waals surface area contributed by atoms with Crippen LogP contribution in [0, 0.1) is 0 Å². The normalized spacial score (nSPS) is 12.2. The van der Waals surface area contributed by atoms with Crippen molar-refractivity contribution in [3.8, 4) is 5.75 Å². The Morgan fingerprint density at radius 2 is 1.68 bits per heavy atom. The first-order valence-electron chi connectivity index (χ1n) is 11.6. The number of sulfonamides is 1. The zero-order valence-electron chi connectivity index (χ0n) is 21.4. The summed E-state index contributed by atoms with van der Waals surface area (Å²) in [4.78, 5) is 27.5. The summed E-state index contributed by atoms with van der Waals surface area (Å²) in [5.41, 5.74) is 1.07. The summed E-state index contributed by atoms with van der Waals surface area (Å²) in [6, 6.07) is 8.81. The molecule has 0 spiro atoms. The molecule has 1 atom stereocenters. The van der Waals surface area contributed by atoms with E-state index in [1.54, 1.807) is 37.3 Å². The van der Waals surface area contributed by atoms with Gasteiger partial charge in [-0.3, -0.25) is 13.9 Å². The first kappa shape index (κ1) is 31.0. The zero-order chi connectivity index (χ0) is 27.9. The molecule has 2 amide bonds. The molecule has 0 saturated heterocycles. The number of anilines is 1. The highest BCUT2D eigenvalue weighted by Crippen LogP contribution is 2.30. The van der Waals surface area contributed by atoms with Gasteiger partial charge in [-0.1, -0.05) is 40.9 Å². The molecule has 8 nitrogen and oxygen atoms in total. The van der Waals surface area contributed by atoms with E-state index in [2.05, 4.69) is 5.32 Å². The summed E-state index contributed by atoms with van der Waals surface area (Å²) in [5, 5.41) is 3.81. The van der Waals surface area contributed by atoms with Crippen LogP contribution in [0.15, 0.2) is 36.4 Å². The number of methoxy groups -OCH3 is 1. The lowest BCUT2D eigenvalue weighted by atomic mass is 10.1. The maximum Gasteiger partial charge on any atom is 0.242 e. The quantitative estimate of drug-likeness (QED) is 0.368. The van der Waals surface area contributed by atoms with Crippen LogP contribution in [0.4, 0.5) is 5.69 Å². The summed E-state index contributed by atoms with van der Waals surface area (Å²) in [6.07, 6.45) is 1.31. The predicted octanol–water partition coefficient (Wildman–Crippen LogP) is 5.14. The second-order valence-electron chi connectivity index (χ2n) is 8.87. The fourth-order valence-corrected chi connectivity index (χ4v) is 5.17. The van der Waals surface area contributed by atoms with Crippen molar-refractivity contribution >= 4 is 62.3 Å². The molecule has 0 unspecified atom stereocenters. The van der Waals surface area contributed by atoms with Gasteiger partial charge in [0, 0.05) is 25.6 Å². The van der Waals surface area contributed by atoms with Gasteiger partial charge in [0.1, 0.15) is 11.8 Å². The third kappa shape index (κ3) is 8.95. The number of nitrogens with one attached hydrogen (secondary N) is 1. The SMILES string of the molecule is COc1ccc(N(CCCC(=O)N(Cc2ccc(Cl)c(Cl)c2)[C@@H](C)C(=O)NC(C)C)S(C)(=O)=O)cc1Cl. The van der Waals surface area contributed by atoms with Gasteiger partial charge in [0.05, 0.1) is 34.1 Å². The molecule has 37 heavy (non-hydrogen) atoms. The average molecular weight is 593 g/mol. The van der Waals surface area contributed by atoms with E-state index < -0.39 is 16.1 Å². The molecule has 0 heterocycles. The van der Waals surface area contributed by atoms with E-state index in [4.69, 9.17) is 39.5 Å². The van der Waals surface area contributed by atoms with Gasteiger partial charge in [0.25, 0.3) is 0 Å². The number of nitrogens with zero attached hydrogens (tertiary/aromatic N) is 2. The average Bonchev–Trinajstić information content (AvgIpc) is 2.80. The van der Waals surface area contributed by atoms with Crippen LogP contribution in [0.2, 0.25) is 15.1 Å². The van der Waals surface area contributed by atoms with E-state index in [9.17, 15) is 18.0 Å². The second kappa shape index (κ2) is 13.6. The highest BCUT2D eigenvalue weighted by Gasteiger charge is 2.27. The fraction of sp³-hybridized carbons (Fsp3) is 0.440. The summed E-state index contributed by atoms with van der Waals surface area (Å²) in [7, 11) is -2.19. The number of hydrogen-bond donors (Lipinski definition) is 1. The van der Waals surface area contributed by atoms with Gasteiger partial charge in [0.2, 0.25) is 21.8 Å². The Morgan fingerprint density at radius 1 is 1.00 bits per heavy atom. The largest absolute Gasteiger partial charge is 0.495 e. The van der Waals surface area contributed by atoms with Crippen LogP contribution < -0.4 is 14.4 Å². The number of carbonyl (C=O) groups excluding carboxylic acids is 2. The molecule has 204 valence electrons. The number of amides is 2. The molecule has 0 aliphatic rings. The van der Waals surface area contributed by atoms with E-state index >= 15 is 0 Å². The van der Waals surface area contributed by atoms with Crippen molar-refractivity contribution in [1.82, 2.24) is 10.2 Å². The van der Waals surface area contributed by atoms with Crippen LogP contribution in [0.5, 0.6) is 5.75 Å². The summed E-state index contributed by atoms with van der Waals surface area (Å²) >= 11 is 18.3. The number of carbonyl (C=O) groups is 2. The molecule has 2 aromatic carbocycles. The first-order valence-corrected chi connectivity index (χ1v) is 14.6. The van der Waals surface area contributed by atoms with Gasteiger partial charge in [-0.2, -0.15) is 0 Å². The number of rotatable bonds is 12. The minimum atomic E-state index is -3.66. The number of halogens is 3. The van der Waals surface area contributed by atoms with Gasteiger partial charge in [0.15, 0.2) is 0 Å². The molecule has 0 aliphatic carbocycles. The van der Waals surface area contributed by atoms with E-state index in [1.165, 1.54) is 22.4 Å². The van der Waals surface area contributed by atoms with E-state index in [-0.39, 0.29) is 48.8 Å². The van der Waals surface area contributed by atoms with Crippen molar-refractivity contribution in [2.24, 2.45) is 0 Å². The lowest BCUT2D eigenvalue weighted by Crippen LogP contribution is -2.49. The third-order valence-electron chi connectivity index (χ3n) is 5.51. The van der Waals surface area contributed by atoms with Crippen LogP contribution in [-0.2, 0) is 26.2 Å². The summed E-state index contributed by atoms with van der Waals surface area (Å²) in [5.74, 6) is -0.187. The molecule has 0 fully saturated rings. The van der Waals surface area contributed by atoms with Crippen LogP contribution >= 0.6 is 34.8 Å². The third-order valence-corrected chi connectivity index (χ3v) is 7.74. The summed E-state index contributed by atoms with van der Waals surface area (Å²) < 4.78 is 31.3. The Bertz CT molecular complexity index is 1220. The monoisotopic (exact) mass is 591 g/mol. The summed E-state index contributed by atoms with van der Waals surface area (Å²) in [6.45, 7) is 5.49. The fourth-order valence-electron chi connectivity index (χ4n) is 3.64. The molecule has 1 N–H and O–H groups in total. The Hall–Kier alpha value is -2.20.